The number of carbonyl (C=O) groups is 2. The van der Waals surface area contributed by atoms with E-state index < -0.39 is 18.1 Å². The predicted molar refractivity (Wildman–Crippen MR) is 59.7 cm³/mol. The maximum atomic E-state index is 10.1. The molecule has 0 bridgehead atoms. The Morgan fingerprint density at radius 1 is 1.38 bits per heavy atom. The van der Waals surface area contributed by atoms with Gasteiger partial charge in [0.25, 0.3) is 0 Å². The van der Waals surface area contributed by atoms with Crippen molar-refractivity contribution in [3.8, 4) is 0 Å². The maximum absolute atomic E-state index is 10.1. The number of carbonyl (C=O) groups excluding carboxylic acids is 1. The van der Waals surface area contributed by atoms with E-state index in [9.17, 15) is 9.59 Å². The van der Waals surface area contributed by atoms with Gasteiger partial charge in [0, 0.05) is 0 Å². The molecule has 0 aromatic rings. The summed E-state index contributed by atoms with van der Waals surface area (Å²) in [6, 6.07) is -0.716. The highest BCUT2D eigenvalue weighted by Gasteiger charge is 2.09. The second kappa shape index (κ2) is 11.7. The first-order chi connectivity index (χ1) is 7.45. The van der Waals surface area contributed by atoms with Gasteiger partial charge in [-0.25, -0.2) is 4.79 Å². The molecule has 0 radical (unpaired) electrons. The van der Waals surface area contributed by atoms with Crippen molar-refractivity contribution in [3.05, 3.63) is 0 Å². The van der Waals surface area contributed by atoms with E-state index in [-0.39, 0.29) is 0 Å². The van der Waals surface area contributed by atoms with Crippen LogP contribution in [0.4, 0.5) is 4.79 Å². The van der Waals surface area contributed by atoms with E-state index in [0.717, 1.165) is 12.8 Å². The third-order valence-corrected chi connectivity index (χ3v) is 1.57. The molecular weight excluding hydrogens is 214 g/mol. The van der Waals surface area contributed by atoms with Crippen LogP contribution in [0.5, 0.6) is 0 Å². The summed E-state index contributed by atoms with van der Waals surface area (Å²) in [6.07, 6.45) is 1.45. The van der Waals surface area contributed by atoms with E-state index in [2.05, 4.69) is 10.5 Å². The molecule has 7 heteroatoms. The zero-order chi connectivity index (χ0) is 13.0. The number of amides is 1. The van der Waals surface area contributed by atoms with Crippen molar-refractivity contribution in [2.45, 2.75) is 32.2 Å². The molecule has 0 saturated heterocycles. The summed E-state index contributed by atoms with van der Waals surface area (Å²) in [4.78, 5) is 19.7. The summed E-state index contributed by atoms with van der Waals surface area (Å²) >= 11 is 0. The molecule has 7 nitrogen and oxygen atoms in total. The lowest BCUT2D eigenvalue weighted by Gasteiger charge is -2.03. The molecular formula is C9H21N3O4. The molecule has 0 aliphatic heterocycles. The highest BCUT2D eigenvalue weighted by atomic mass is 16.5. The lowest BCUT2D eigenvalue weighted by atomic mass is 10.1. The van der Waals surface area contributed by atoms with Crippen molar-refractivity contribution in [1.29, 1.82) is 0 Å². The van der Waals surface area contributed by atoms with E-state index in [1.54, 1.807) is 6.92 Å². The molecule has 0 aliphatic rings. The third kappa shape index (κ3) is 15.1. The minimum absolute atomic E-state index is 0.356. The van der Waals surface area contributed by atoms with Gasteiger partial charge in [0.1, 0.15) is 6.04 Å². The van der Waals surface area contributed by atoms with Crippen molar-refractivity contribution < 1.29 is 19.4 Å². The molecule has 0 fully saturated rings. The van der Waals surface area contributed by atoms with Crippen molar-refractivity contribution in [3.63, 3.8) is 0 Å². The van der Waals surface area contributed by atoms with Crippen LogP contribution >= 0.6 is 0 Å². The van der Waals surface area contributed by atoms with Crippen LogP contribution in [-0.4, -0.2) is 36.4 Å². The van der Waals surface area contributed by atoms with Crippen molar-refractivity contribution >= 4 is 12.1 Å². The Kier molecular flexibility index (Phi) is 12.5. The van der Waals surface area contributed by atoms with Gasteiger partial charge in [-0.3, -0.25) is 4.79 Å². The Hall–Kier alpha value is -1.34. The van der Waals surface area contributed by atoms with Crippen LogP contribution in [0.3, 0.4) is 0 Å². The maximum Gasteiger partial charge on any atom is 0.404 e. The van der Waals surface area contributed by atoms with E-state index in [1.165, 1.54) is 0 Å². The first kappa shape index (κ1) is 17.1. The van der Waals surface area contributed by atoms with Crippen LogP contribution < -0.4 is 17.2 Å². The number of primary amides is 1. The highest BCUT2D eigenvalue weighted by Crippen LogP contribution is 1.96. The van der Waals surface area contributed by atoms with Gasteiger partial charge in [-0.05, 0) is 26.3 Å². The molecule has 1 amide bonds. The van der Waals surface area contributed by atoms with Crippen molar-refractivity contribution in [2.75, 3.05) is 13.2 Å². The van der Waals surface area contributed by atoms with Gasteiger partial charge in [0.15, 0.2) is 0 Å². The SMILES string of the molecule is CCOC(N)=O.NCCCCC(N)C(=O)O. The van der Waals surface area contributed by atoms with Crippen molar-refractivity contribution in [1.82, 2.24) is 0 Å². The smallest absolute Gasteiger partial charge is 0.404 e. The van der Waals surface area contributed by atoms with Crippen LogP contribution in [0.25, 0.3) is 0 Å². The van der Waals surface area contributed by atoms with Gasteiger partial charge in [0.2, 0.25) is 0 Å². The average molecular weight is 235 g/mol. The number of hydrogen-bond donors (Lipinski definition) is 4. The third-order valence-electron chi connectivity index (χ3n) is 1.57. The molecule has 0 aliphatic carbocycles. The molecule has 1 atom stereocenters. The van der Waals surface area contributed by atoms with E-state index in [1.807, 2.05) is 0 Å². The lowest BCUT2D eigenvalue weighted by molar-refractivity contribution is -0.138. The molecule has 96 valence electrons. The zero-order valence-corrected chi connectivity index (χ0v) is 9.52. The fraction of sp³-hybridized carbons (Fsp3) is 0.778. The Balaban J connectivity index is 0. The second-order valence-electron chi connectivity index (χ2n) is 2.98. The Bertz CT molecular complexity index is 199. The first-order valence-corrected chi connectivity index (χ1v) is 5.06. The van der Waals surface area contributed by atoms with Gasteiger partial charge in [-0.15, -0.1) is 0 Å². The molecule has 0 heterocycles. The minimum atomic E-state index is -0.933. The van der Waals surface area contributed by atoms with Crippen LogP contribution in [0.1, 0.15) is 26.2 Å². The van der Waals surface area contributed by atoms with Gasteiger partial charge in [-0.1, -0.05) is 6.42 Å². The van der Waals surface area contributed by atoms with Crippen LogP contribution in [-0.2, 0) is 9.53 Å². The number of carboxylic acids is 1. The highest BCUT2D eigenvalue weighted by molar-refractivity contribution is 5.72. The van der Waals surface area contributed by atoms with Gasteiger partial charge >= 0.3 is 12.1 Å². The average Bonchev–Trinajstić information content (AvgIpc) is 2.18. The van der Waals surface area contributed by atoms with E-state index in [0.29, 0.717) is 19.6 Å². The number of unbranched alkanes of at least 4 members (excludes halogenated alkanes) is 1. The quantitative estimate of drug-likeness (QED) is 0.463. The number of aliphatic carboxylic acids is 1. The minimum Gasteiger partial charge on any atom is -0.480 e. The monoisotopic (exact) mass is 235 g/mol. The molecule has 0 aromatic carbocycles. The predicted octanol–water partition coefficient (Wildman–Crippen LogP) is -0.371. The molecule has 1 unspecified atom stereocenters. The van der Waals surface area contributed by atoms with Crippen LogP contribution in [0.15, 0.2) is 0 Å². The normalized spacial score (nSPS) is 10.9. The lowest BCUT2D eigenvalue weighted by Crippen LogP contribution is -2.29. The molecule has 16 heavy (non-hydrogen) atoms. The van der Waals surface area contributed by atoms with E-state index >= 15 is 0 Å². The summed E-state index contributed by atoms with van der Waals surface area (Å²) < 4.78 is 4.18. The van der Waals surface area contributed by atoms with Crippen LogP contribution in [0.2, 0.25) is 0 Å². The molecule has 0 saturated carbocycles. The summed E-state index contributed by atoms with van der Waals surface area (Å²) in [5.74, 6) is -0.933. The molecule has 7 N–H and O–H groups in total. The van der Waals surface area contributed by atoms with Gasteiger partial charge < -0.3 is 27.0 Å². The Morgan fingerprint density at radius 3 is 2.19 bits per heavy atom. The van der Waals surface area contributed by atoms with Crippen LogP contribution in [0, 0.1) is 0 Å². The Labute approximate surface area is 94.9 Å². The molecule has 0 rings (SSSR count). The summed E-state index contributed by atoms with van der Waals surface area (Å²) in [5.41, 5.74) is 15.0. The zero-order valence-electron chi connectivity index (χ0n) is 9.52. The standard InChI is InChI=1S/C6H14N2O2.C3H7NO2/c7-4-2-1-3-5(8)6(9)10;1-2-6-3(4)5/h5H,1-4,7-8H2,(H,9,10);2H2,1H3,(H2,4,5). The number of hydrogen-bond acceptors (Lipinski definition) is 5. The molecule has 0 aromatic heterocycles. The van der Waals surface area contributed by atoms with Gasteiger partial charge in [0.05, 0.1) is 6.61 Å². The first-order valence-electron chi connectivity index (χ1n) is 5.06. The Morgan fingerprint density at radius 2 is 1.94 bits per heavy atom. The summed E-state index contributed by atoms with van der Waals surface area (Å²) in [5, 5.41) is 8.33. The summed E-state index contributed by atoms with van der Waals surface area (Å²) in [7, 11) is 0. The number of rotatable bonds is 6. The number of ether oxygens (including phenoxy) is 1. The topological polar surface area (TPSA) is 142 Å². The van der Waals surface area contributed by atoms with Crippen molar-refractivity contribution in [2.24, 2.45) is 17.2 Å². The van der Waals surface area contributed by atoms with Gasteiger partial charge in [-0.2, -0.15) is 0 Å². The fourth-order valence-corrected chi connectivity index (χ4v) is 0.774. The number of carboxylic acid groups (broad SMARTS) is 1. The fourth-order valence-electron chi connectivity index (χ4n) is 0.774. The summed E-state index contributed by atoms with van der Waals surface area (Å²) in [6.45, 7) is 2.66. The van der Waals surface area contributed by atoms with E-state index in [4.69, 9.17) is 16.6 Å². The molecule has 0 spiro atoms. The second-order valence-corrected chi connectivity index (χ2v) is 2.98. The number of nitrogens with two attached hydrogens (primary N) is 3. The largest absolute Gasteiger partial charge is 0.480 e.